The summed E-state index contributed by atoms with van der Waals surface area (Å²) in [5, 5.41) is 21.3. The smallest absolute Gasteiger partial charge is 0.314 e. The van der Waals surface area contributed by atoms with Gasteiger partial charge in [0.2, 0.25) is 0 Å². The first-order valence-corrected chi connectivity index (χ1v) is 7.59. The largest absolute Gasteiger partial charge is 0.481 e. The Kier molecular flexibility index (Phi) is 4.66. The van der Waals surface area contributed by atoms with Crippen LogP contribution in [0.4, 0.5) is 0 Å². The number of aryl methyl sites for hydroxylation is 1. The number of aliphatic carboxylic acids is 1. The molecule has 114 valence electrons. The van der Waals surface area contributed by atoms with Crippen molar-refractivity contribution in [2.45, 2.75) is 39.5 Å². The first kappa shape index (κ1) is 15.6. The van der Waals surface area contributed by atoms with Crippen LogP contribution < -0.4 is 0 Å². The quantitative estimate of drug-likeness (QED) is 0.818. The molecule has 0 aromatic carbocycles. The van der Waals surface area contributed by atoms with E-state index in [-0.39, 0.29) is 11.0 Å². The summed E-state index contributed by atoms with van der Waals surface area (Å²) in [7, 11) is 0. The van der Waals surface area contributed by atoms with Crippen molar-refractivity contribution >= 4 is 17.7 Å². The summed E-state index contributed by atoms with van der Waals surface area (Å²) in [5.74, 6) is -0.156. The maximum atomic E-state index is 10.5. The molecule has 2 aromatic rings. The van der Waals surface area contributed by atoms with Gasteiger partial charge in [-0.2, -0.15) is 5.10 Å². The van der Waals surface area contributed by atoms with Crippen LogP contribution in [-0.2, 0) is 11.3 Å². The summed E-state index contributed by atoms with van der Waals surface area (Å²) in [5.41, 5.74) is 2.62. The van der Waals surface area contributed by atoms with Gasteiger partial charge in [-0.3, -0.25) is 9.48 Å². The second kappa shape index (κ2) is 6.30. The highest BCUT2D eigenvalue weighted by Crippen LogP contribution is 2.28. The van der Waals surface area contributed by atoms with E-state index < -0.39 is 5.97 Å². The Bertz CT molecular complexity index is 648. The molecule has 0 aliphatic heterocycles. The molecule has 21 heavy (non-hydrogen) atoms. The SMILES string of the molecule is Cc1nn(CC(C)C)c(C)c1-c1nnc(SCC(=O)O)o1. The fourth-order valence-corrected chi connectivity index (χ4v) is 2.51. The van der Waals surface area contributed by atoms with Gasteiger partial charge in [0.1, 0.15) is 5.75 Å². The Morgan fingerprint density at radius 1 is 1.38 bits per heavy atom. The molecule has 1 N–H and O–H groups in total. The topological polar surface area (TPSA) is 94.0 Å². The highest BCUT2D eigenvalue weighted by molar-refractivity contribution is 7.99. The van der Waals surface area contributed by atoms with Crippen LogP contribution in [0.25, 0.3) is 11.5 Å². The van der Waals surface area contributed by atoms with Crippen molar-refractivity contribution in [2.24, 2.45) is 5.92 Å². The first-order valence-electron chi connectivity index (χ1n) is 6.61. The molecule has 0 aliphatic rings. The Balaban J connectivity index is 2.26. The standard InChI is InChI=1S/C13H18N4O3S/c1-7(2)5-17-9(4)11(8(3)16-17)12-14-15-13(20-12)21-6-10(18)19/h7H,5-6H2,1-4H3,(H,18,19). The Labute approximate surface area is 126 Å². The monoisotopic (exact) mass is 310 g/mol. The lowest BCUT2D eigenvalue weighted by molar-refractivity contribution is -0.133. The normalized spacial score (nSPS) is 11.3. The highest BCUT2D eigenvalue weighted by atomic mass is 32.2. The lowest BCUT2D eigenvalue weighted by atomic mass is 10.2. The molecule has 8 heteroatoms. The average molecular weight is 310 g/mol. The van der Waals surface area contributed by atoms with Crippen molar-refractivity contribution in [3.05, 3.63) is 11.4 Å². The molecule has 7 nitrogen and oxygen atoms in total. The molecule has 0 bridgehead atoms. The van der Waals surface area contributed by atoms with Crippen molar-refractivity contribution in [3.63, 3.8) is 0 Å². The maximum Gasteiger partial charge on any atom is 0.314 e. The zero-order valence-electron chi connectivity index (χ0n) is 12.5. The number of carbonyl (C=O) groups is 1. The van der Waals surface area contributed by atoms with Gasteiger partial charge in [0.25, 0.3) is 11.1 Å². The highest BCUT2D eigenvalue weighted by Gasteiger charge is 2.19. The molecular formula is C13H18N4O3S. The fraction of sp³-hybridized carbons (Fsp3) is 0.538. The number of thioether (sulfide) groups is 1. The number of carboxylic acids is 1. The van der Waals surface area contributed by atoms with Crippen LogP contribution in [0.2, 0.25) is 0 Å². The number of hydrogen-bond acceptors (Lipinski definition) is 6. The lowest BCUT2D eigenvalue weighted by Gasteiger charge is -2.06. The maximum absolute atomic E-state index is 10.5. The molecule has 2 rings (SSSR count). The van der Waals surface area contributed by atoms with Crippen LogP contribution in [0.3, 0.4) is 0 Å². The molecule has 0 spiro atoms. The van der Waals surface area contributed by atoms with E-state index in [2.05, 4.69) is 29.1 Å². The van der Waals surface area contributed by atoms with Crippen LogP contribution in [0, 0.1) is 19.8 Å². The Morgan fingerprint density at radius 3 is 2.71 bits per heavy atom. The van der Waals surface area contributed by atoms with E-state index in [1.807, 2.05) is 18.5 Å². The first-order chi connectivity index (χ1) is 9.88. The molecule has 2 aromatic heterocycles. The number of nitrogens with zero attached hydrogens (tertiary/aromatic N) is 4. The van der Waals surface area contributed by atoms with E-state index in [4.69, 9.17) is 9.52 Å². The number of rotatable bonds is 6. The minimum Gasteiger partial charge on any atom is -0.481 e. The summed E-state index contributed by atoms with van der Waals surface area (Å²) in [6, 6.07) is 0. The van der Waals surface area contributed by atoms with E-state index in [0.717, 1.165) is 35.3 Å². The summed E-state index contributed by atoms with van der Waals surface area (Å²) in [6.07, 6.45) is 0. The van der Waals surface area contributed by atoms with Crippen LogP contribution >= 0.6 is 11.8 Å². The fourth-order valence-electron chi connectivity index (χ4n) is 2.02. The van der Waals surface area contributed by atoms with E-state index >= 15 is 0 Å². The third-order valence-corrected chi connectivity index (χ3v) is 3.66. The number of hydrogen-bond donors (Lipinski definition) is 1. The lowest BCUT2D eigenvalue weighted by Crippen LogP contribution is -2.07. The van der Waals surface area contributed by atoms with Crippen LogP contribution in [0.15, 0.2) is 9.64 Å². The summed E-state index contributed by atoms with van der Waals surface area (Å²) in [6.45, 7) is 8.94. The van der Waals surface area contributed by atoms with Crippen molar-refractivity contribution in [3.8, 4) is 11.5 Å². The second-order valence-corrected chi connectivity index (χ2v) is 6.10. The van der Waals surface area contributed by atoms with Crippen molar-refractivity contribution in [1.82, 2.24) is 20.0 Å². The third kappa shape index (κ3) is 3.63. The predicted molar refractivity (Wildman–Crippen MR) is 78.2 cm³/mol. The van der Waals surface area contributed by atoms with Gasteiger partial charge in [0.15, 0.2) is 0 Å². The van der Waals surface area contributed by atoms with Gasteiger partial charge in [-0.1, -0.05) is 25.6 Å². The van der Waals surface area contributed by atoms with Crippen molar-refractivity contribution in [2.75, 3.05) is 5.75 Å². The van der Waals surface area contributed by atoms with Gasteiger partial charge >= 0.3 is 5.97 Å². The van der Waals surface area contributed by atoms with E-state index in [0.29, 0.717) is 11.8 Å². The van der Waals surface area contributed by atoms with E-state index in [1.165, 1.54) is 0 Å². The molecule has 0 aliphatic carbocycles. The van der Waals surface area contributed by atoms with Crippen molar-refractivity contribution in [1.29, 1.82) is 0 Å². The van der Waals surface area contributed by atoms with E-state index in [9.17, 15) is 4.79 Å². The molecule has 0 radical (unpaired) electrons. The van der Waals surface area contributed by atoms with Crippen LogP contribution in [-0.4, -0.2) is 36.8 Å². The van der Waals surface area contributed by atoms with Gasteiger partial charge in [0.05, 0.1) is 11.3 Å². The average Bonchev–Trinajstić information content (AvgIpc) is 2.92. The summed E-state index contributed by atoms with van der Waals surface area (Å²) in [4.78, 5) is 10.5. The molecular weight excluding hydrogens is 292 g/mol. The molecule has 2 heterocycles. The predicted octanol–water partition coefficient (Wildman–Crippen LogP) is 2.38. The van der Waals surface area contributed by atoms with Crippen LogP contribution in [0.1, 0.15) is 25.2 Å². The Hall–Kier alpha value is -1.83. The second-order valence-electron chi connectivity index (χ2n) is 5.18. The van der Waals surface area contributed by atoms with Gasteiger partial charge in [-0.05, 0) is 19.8 Å². The molecule has 0 atom stereocenters. The summed E-state index contributed by atoms with van der Waals surface area (Å²) >= 11 is 1.01. The summed E-state index contributed by atoms with van der Waals surface area (Å²) < 4.78 is 7.46. The minimum atomic E-state index is -0.920. The van der Waals surface area contributed by atoms with Gasteiger partial charge in [-0.15, -0.1) is 10.2 Å². The number of aromatic nitrogens is 4. The molecule has 0 saturated heterocycles. The molecule has 0 fully saturated rings. The molecule has 0 unspecified atom stereocenters. The molecule has 0 amide bonds. The minimum absolute atomic E-state index is 0.105. The van der Waals surface area contributed by atoms with Crippen molar-refractivity contribution < 1.29 is 14.3 Å². The zero-order chi connectivity index (χ0) is 15.6. The number of carboxylic acid groups (broad SMARTS) is 1. The van der Waals surface area contributed by atoms with E-state index in [1.54, 1.807) is 0 Å². The van der Waals surface area contributed by atoms with Gasteiger partial charge < -0.3 is 9.52 Å². The van der Waals surface area contributed by atoms with Gasteiger partial charge in [0, 0.05) is 12.2 Å². The molecule has 0 saturated carbocycles. The van der Waals surface area contributed by atoms with Gasteiger partial charge in [-0.25, -0.2) is 0 Å². The van der Waals surface area contributed by atoms with Crippen LogP contribution in [0.5, 0.6) is 0 Å². The third-order valence-electron chi connectivity index (χ3n) is 2.86. The zero-order valence-corrected chi connectivity index (χ0v) is 13.3. The Morgan fingerprint density at radius 2 is 2.10 bits per heavy atom.